The van der Waals surface area contributed by atoms with Gasteiger partial charge in [-0.15, -0.1) is 0 Å². The fourth-order valence-electron chi connectivity index (χ4n) is 1.53. The number of benzene rings is 1. The average molecular weight is 233 g/mol. The molecule has 17 heavy (non-hydrogen) atoms. The molecule has 1 heterocycles. The van der Waals surface area contributed by atoms with Gasteiger partial charge < -0.3 is 10.5 Å². The summed E-state index contributed by atoms with van der Waals surface area (Å²) in [4.78, 5) is 8.16. The van der Waals surface area contributed by atoms with Gasteiger partial charge in [-0.25, -0.2) is 9.37 Å². The summed E-state index contributed by atoms with van der Waals surface area (Å²) in [6.45, 7) is 0. The molecule has 1 aromatic heterocycles. The van der Waals surface area contributed by atoms with E-state index in [1.807, 2.05) is 0 Å². The van der Waals surface area contributed by atoms with E-state index in [0.29, 0.717) is 11.6 Å². The summed E-state index contributed by atoms with van der Waals surface area (Å²) in [6, 6.07) is 5.47. The Morgan fingerprint density at radius 1 is 1.18 bits per heavy atom. The number of methoxy groups -OCH3 is 1. The van der Waals surface area contributed by atoms with Gasteiger partial charge in [0.05, 0.1) is 13.2 Å². The van der Waals surface area contributed by atoms with Crippen LogP contribution in [0.15, 0.2) is 36.7 Å². The molecule has 88 valence electrons. The van der Waals surface area contributed by atoms with Crippen LogP contribution in [-0.2, 0) is 0 Å². The smallest absolute Gasteiger partial charge is 0.237 e. The Kier molecular flexibility index (Phi) is 3.30. The third-order valence-electron chi connectivity index (χ3n) is 2.41. The number of hydrogen-bond acceptors (Lipinski definition) is 4. The van der Waals surface area contributed by atoms with Crippen LogP contribution in [0.1, 0.15) is 17.3 Å². The third kappa shape index (κ3) is 2.39. The predicted molar refractivity (Wildman–Crippen MR) is 61.0 cm³/mol. The lowest BCUT2D eigenvalue weighted by Gasteiger charge is -2.13. The molecule has 0 aliphatic carbocycles. The summed E-state index contributed by atoms with van der Waals surface area (Å²) in [7, 11) is 1.50. The Balaban J connectivity index is 2.36. The lowest BCUT2D eigenvalue weighted by molar-refractivity contribution is 0.387. The Morgan fingerprint density at radius 3 is 2.47 bits per heavy atom. The molecule has 0 saturated carbocycles. The summed E-state index contributed by atoms with van der Waals surface area (Å²) < 4.78 is 17.9. The molecule has 0 spiro atoms. The van der Waals surface area contributed by atoms with E-state index in [9.17, 15) is 4.39 Å². The van der Waals surface area contributed by atoms with Crippen molar-refractivity contribution >= 4 is 0 Å². The molecule has 1 aromatic carbocycles. The lowest BCUT2D eigenvalue weighted by atomic mass is 10.0. The van der Waals surface area contributed by atoms with E-state index in [1.54, 1.807) is 18.3 Å². The predicted octanol–water partition coefficient (Wildman–Crippen LogP) is 1.67. The van der Waals surface area contributed by atoms with Gasteiger partial charge in [-0.3, -0.25) is 4.98 Å². The highest BCUT2D eigenvalue weighted by Crippen LogP contribution is 2.23. The van der Waals surface area contributed by atoms with Gasteiger partial charge in [-0.2, -0.15) is 0 Å². The summed E-state index contributed by atoms with van der Waals surface area (Å²) in [5.74, 6) is 0.0800. The molecule has 2 N–H and O–H groups in total. The van der Waals surface area contributed by atoms with Crippen LogP contribution in [0.2, 0.25) is 0 Å². The van der Waals surface area contributed by atoms with Crippen LogP contribution in [0.5, 0.6) is 5.88 Å². The molecule has 0 aliphatic heterocycles. The van der Waals surface area contributed by atoms with Crippen molar-refractivity contribution in [3.05, 3.63) is 53.7 Å². The highest BCUT2D eigenvalue weighted by molar-refractivity contribution is 5.32. The van der Waals surface area contributed by atoms with Gasteiger partial charge in [0, 0.05) is 12.4 Å². The van der Waals surface area contributed by atoms with Crippen molar-refractivity contribution in [3.8, 4) is 5.88 Å². The second-order valence-corrected chi connectivity index (χ2v) is 3.48. The molecular formula is C12H12FN3O. The van der Waals surface area contributed by atoms with Crippen LogP contribution >= 0.6 is 0 Å². The molecule has 0 saturated heterocycles. The molecule has 2 aromatic rings. The van der Waals surface area contributed by atoms with E-state index in [1.165, 1.54) is 25.4 Å². The van der Waals surface area contributed by atoms with Gasteiger partial charge in [0.15, 0.2) is 0 Å². The first-order valence-corrected chi connectivity index (χ1v) is 5.08. The number of ether oxygens (including phenoxy) is 1. The van der Waals surface area contributed by atoms with Crippen molar-refractivity contribution < 1.29 is 9.13 Å². The number of rotatable bonds is 3. The van der Waals surface area contributed by atoms with Crippen molar-refractivity contribution in [3.63, 3.8) is 0 Å². The molecule has 4 nitrogen and oxygen atoms in total. The Hall–Kier alpha value is -2.01. The highest BCUT2D eigenvalue weighted by Gasteiger charge is 2.16. The van der Waals surface area contributed by atoms with Gasteiger partial charge in [0.25, 0.3) is 0 Å². The molecule has 0 aliphatic rings. The van der Waals surface area contributed by atoms with Crippen molar-refractivity contribution in [1.82, 2.24) is 9.97 Å². The van der Waals surface area contributed by atoms with Crippen molar-refractivity contribution in [1.29, 1.82) is 0 Å². The average Bonchev–Trinajstić information content (AvgIpc) is 2.39. The van der Waals surface area contributed by atoms with E-state index in [0.717, 1.165) is 5.56 Å². The monoisotopic (exact) mass is 233 g/mol. The quantitative estimate of drug-likeness (QED) is 0.876. The fourth-order valence-corrected chi connectivity index (χ4v) is 1.53. The first kappa shape index (κ1) is 11.5. The first-order valence-electron chi connectivity index (χ1n) is 5.08. The maximum absolute atomic E-state index is 12.8. The number of nitrogens with two attached hydrogens (primary N) is 1. The normalized spacial score (nSPS) is 12.2. The summed E-state index contributed by atoms with van der Waals surface area (Å²) >= 11 is 0. The molecule has 0 bridgehead atoms. The van der Waals surface area contributed by atoms with Gasteiger partial charge in [0.1, 0.15) is 11.5 Å². The van der Waals surface area contributed by atoms with Crippen LogP contribution in [0.25, 0.3) is 0 Å². The zero-order valence-electron chi connectivity index (χ0n) is 9.30. The van der Waals surface area contributed by atoms with Crippen LogP contribution in [0, 0.1) is 5.82 Å². The standard InChI is InChI=1S/C12H12FN3O/c1-17-12-11(15-6-7-16-12)10(14)8-2-4-9(13)5-3-8/h2-7,10H,14H2,1H3. The number of nitrogens with zero attached hydrogens (tertiary/aromatic N) is 2. The number of aromatic nitrogens is 2. The Labute approximate surface area is 98.3 Å². The Bertz CT molecular complexity index is 501. The summed E-state index contributed by atoms with van der Waals surface area (Å²) in [5.41, 5.74) is 7.32. The molecule has 5 heteroatoms. The second kappa shape index (κ2) is 4.88. The highest BCUT2D eigenvalue weighted by atomic mass is 19.1. The molecular weight excluding hydrogens is 221 g/mol. The van der Waals surface area contributed by atoms with E-state index in [2.05, 4.69) is 9.97 Å². The molecule has 0 amide bonds. The SMILES string of the molecule is COc1nccnc1C(N)c1ccc(F)cc1. The van der Waals surface area contributed by atoms with Crippen molar-refractivity contribution in [2.24, 2.45) is 5.73 Å². The molecule has 0 radical (unpaired) electrons. The molecule has 1 unspecified atom stereocenters. The molecule has 1 atom stereocenters. The lowest BCUT2D eigenvalue weighted by Crippen LogP contribution is -2.15. The maximum Gasteiger partial charge on any atom is 0.237 e. The van der Waals surface area contributed by atoms with Gasteiger partial charge in [0.2, 0.25) is 5.88 Å². The van der Waals surface area contributed by atoms with Crippen LogP contribution in [0.4, 0.5) is 4.39 Å². The largest absolute Gasteiger partial charge is 0.480 e. The van der Waals surface area contributed by atoms with E-state index >= 15 is 0 Å². The summed E-state index contributed by atoms with van der Waals surface area (Å²) in [5, 5.41) is 0. The number of halogens is 1. The fraction of sp³-hybridized carbons (Fsp3) is 0.167. The van der Waals surface area contributed by atoms with Crippen LogP contribution in [0.3, 0.4) is 0 Å². The third-order valence-corrected chi connectivity index (χ3v) is 2.41. The topological polar surface area (TPSA) is 61.0 Å². The number of hydrogen-bond donors (Lipinski definition) is 1. The minimum atomic E-state index is -0.487. The zero-order chi connectivity index (χ0) is 12.3. The molecule has 2 rings (SSSR count). The summed E-state index contributed by atoms with van der Waals surface area (Å²) in [6.07, 6.45) is 3.07. The van der Waals surface area contributed by atoms with E-state index in [-0.39, 0.29) is 5.82 Å². The second-order valence-electron chi connectivity index (χ2n) is 3.48. The Morgan fingerprint density at radius 2 is 1.82 bits per heavy atom. The van der Waals surface area contributed by atoms with Gasteiger partial charge in [-0.05, 0) is 17.7 Å². The van der Waals surface area contributed by atoms with Gasteiger partial charge >= 0.3 is 0 Å². The minimum Gasteiger partial charge on any atom is -0.480 e. The van der Waals surface area contributed by atoms with Crippen molar-refractivity contribution in [2.45, 2.75) is 6.04 Å². The zero-order valence-corrected chi connectivity index (χ0v) is 9.30. The maximum atomic E-state index is 12.8. The van der Waals surface area contributed by atoms with Crippen LogP contribution < -0.4 is 10.5 Å². The van der Waals surface area contributed by atoms with Gasteiger partial charge in [-0.1, -0.05) is 12.1 Å². The van der Waals surface area contributed by atoms with Crippen LogP contribution in [-0.4, -0.2) is 17.1 Å². The van der Waals surface area contributed by atoms with E-state index < -0.39 is 6.04 Å². The van der Waals surface area contributed by atoms with E-state index in [4.69, 9.17) is 10.5 Å². The molecule has 0 fully saturated rings. The van der Waals surface area contributed by atoms with Crippen molar-refractivity contribution in [2.75, 3.05) is 7.11 Å². The minimum absolute atomic E-state index is 0.299. The first-order chi connectivity index (χ1) is 8.22.